The van der Waals surface area contributed by atoms with Crippen LogP contribution in [0.15, 0.2) is 51.8 Å². The summed E-state index contributed by atoms with van der Waals surface area (Å²) < 4.78 is 25.6. The van der Waals surface area contributed by atoms with E-state index in [0.29, 0.717) is 15.1 Å². The third kappa shape index (κ3) is 3.52. The number of rotatable bonds is 3. The Hall–Kier alpha value is -1.53. The number of nitrogens with one attached hydrogen (secondary N) is 1. The van der Waals surface area contributed by atoms with Crippen molar-refractivity contribution in [1.82, 2.24) is 0 Å². The summed E-state index contributed by atoms with van der Waals surface area (Å²) in [6.07, 6.45) is 1.55. The lowest BCUT2D eigenvalue weighted by atomic mass is 10.2. The lowest BCUT2D eigenvalue weighted by Crippen LogP contribution is -2.14. The summed E-state index contributed by atoms with van der Waals surface area (Å²) >= 11 is 3.19. The second-order valence-electron chi connectivity index (χ2n) is 4.06. The molecule has 0 radical (unpaired) electrons. The summed E-state index contributed by atoms with van der Waals surface area (Å²) in [5.41, 5.74) is 0.421. The second kappa shape index (κ2) is 6.28. The Morgan fingerprint density at radius 3 is 2.70 bits per heavy atom. The zero-order valence-electron chi connectivity index (χ0n) is 10.5. The molecule has 0 saturated heterocycles. The van der Waals surface area contributed by atoms with Crippen molar-refractivity contribution in [2.75, 3.05) is 11.6 Å². The van der Waals surface area contributed by atoms with E-state index in [1.807, 2.05) is 0 Å². The molecule has 1 N–H and O–H groups in total. The van der Waals surface area contributed by atoms with Gasteiger partial charge in [0.2, 0.25) is 0 Å². The van der Waals surface area contributed by atoms with Gasteiger partial charge >= 0.3 is 0 Å². The molecule has 2 aromatic carbocycles. The van der Waals surface area contributed by atoms with Crippen molar-refractivity contribution < 1.29 is 13.4 Å². The molecular weight excluding hydrogens is 345 g/mol. The second-order valence-corrected chi connectivity index (χ2v) is 6.36. The van der Waals surface area contributed by atoms with E-state index in [4.69, 9.17) is 0 Å². The lowest BCUT2D eigenvalue weighted by molar-refractivity contribution is 0.102. The van der Waals surface area contributed by atoms with E-state index in [-0.39, 0.29) is 5.56 Å². The summed E-state index contributed by atoms with van der Waals surface area (Å²) in [6.45, 7) is 0. The average molecular weight is 356 g/mol. The van der Waals surface area contributed by atoms with E-state index < -0.39 is 22.5 Å². The van der Waals surface area contributed by atoms with E-state index in [9.17, 15) is 13.4 Å². The van der Waals surface area contributed by atoms with Crippen LogP contribution in [-0.2, 0) is 10.8 Å². The van der Waals surface area contributed by atoms with Crippen LogP contribution >= 0.6 is 15.9 Å². The van der Waals surface area contributed by atoms with Gasteiger partial charge in [0.25, 0.3) is 5.91 Å². The Balaban J connectivity index is 2.25. The lowest BCUT2D eigenvalue weighted by Gasteiger charge is -2.07. The first kappa shape index (κ1) is 14.9. The van der Waals surface area contributed by atoms with Crippen LogP contribution in [0.5, 0.6) is 0 Å². The van der Waals surface area contributed by atoms with Crippen molar-refractivity contribution in [2.45, 2.75) is 4.90 Å². The van der Waals surface area contributed by atoms with Gasteiger partial charge in [0, 0.05) is 32.1 Å². The predicted octanol–water partition coefficient (Wildman–Crippen LogP) is 3.58. The quantitative estimate of drug-likeness (QED) is 0.914. The summed E-state index contributed by atoms with van der Waals surface area (Å²) in [5.74, 6) is -1.15. The van der Waals surface area contributed by atoms with Gasteiger partial charge in [0.05, 0.1) is 5.56 Å². The molecule has 0 aliphatic carbocycles. The molecule has 6 heteroatoms. The third-order valence-corrected chi connectivity index (χ3v) is 4.01. The van der Waals surface area contributed by atoms with Crippen LogP contribution < -0.4 is 5.32 Å². The van der Waals surface area contributed by atoms with E-state index in [1.165, 1.54) is 18.2 Å². The molecule has 1 amide bonds. The maximum Gasteiger partial charge on any atom is 0.258 e. The molecule has 0 heterocycles. The zero-order valence-corrected chi connectivity index (χ0v) is 12.9. The summed E-state index contributed by atoms with van der Waals surface area (Å²) in [7, 11) is -1.14. The van der Waals surface area contributed by atoms with Crippen molar-refractivity contribution in [3.8, 4) is 0 Å². The van der Waals surface area contributed by atoms with Gasteiger partial charge in [0.1, 0.15) is 5.82 Å². The molecule has 1 unspecified atom stereocenters. The van der Waals surface area contributed by atoms with Crippen molar-refractivity contribution in [3.05, 3.63) is 58.3 Å². The van der Waals surface area contributed by atoms with Crippen LogP contribution in [0.3, 0.4) is 0 Å². The number of anilines is 1. The average Bonchev–Trinajstić information content (AvgIpc) is 2.41. The Morgan fingerprint density at radius 2 is 2.00 bits per heavy atom. The minimum atomic E-state index is -1.14. The minimum absolute atomic E-state index is 0.0533. The SMILES string of the molecule is CS(=O)c1cccc(NC(=O)c2cc(Br)ccc2F)c1. The molecule has 0 aliphatic rings. The molecule has 2 aromatic rings. The normalized spacial score (nSPS) is 11.9. The van der Waals surface area contributed by atoms with E-state index >= 15 is 0 Å². The molecule has 20 heavy (non-hydrogen) atoms. The van der Waals surface area contributed by atoms with Crippen molar-refractivity contribution in [2.24, 2.45) is 0 Å². The molecule has 2 rings (SSSR count). The maximum absolute atomic E-state index is 13.6. The number of hydrogen-bond acceptors (Lipinski definition) is 2. The highest BCUT2D eigenvalue weighted by atomic mass is 79.9. The van der Waals surface area contributed by atoms with Gasteiger partial charge < -0.3 is 5.32 Å². The molecule has 0 aromatic heterocycles. The van der Waals surface area contributed by atoms with Gasteiger partial charge in [-0.2, -0.15) is 0 Å². The highest BCUT2D eigenvalue weighted by Crippen LogP contribution is 2.18. The monoisotopic (exact) mass is 355 g/mol. The van der Waals surface area contributed by atoms with Crippen LogP contribution in [-0.4, -0.2) is 16.4 Å². The molecule has 104 valence electrons. The zero-order chi connectivity index (χ0) is 14.7. The fourth-order valence-corrected chi connectivity index (χ4v) is 2.55. The van der Waals surface area contributed by atoms with Crippen LogP contribution in [0.25, 0.3) is 0 Å². The van der Waals surface area contributed by atoms with Crippen LogP contribution in [0.2, 0.25) is 0 Å². The smallest absolute Gasteiger partial charge is 0.258 e. The Kier molecular flexibility index (Phi) is 4.67. The van der Waals surface area contributed by atoms with Gasteiger partial charge in [-0.05, 0) is 36.4 Å². The Bertz CT molecular complexity index is 691. The topological polar surface area (TPSA) is 46.2 Å². The summed E-state index contributed by atoms with van der Waals surface area (Å²) in [5, 5.41) is 2.59. The third-order valence-electron chi connectivity index (χ3n) is 2.60. The van der Waals surface area contributed by atoms with Gasteiger partial charge in [-0.15, -0.1) is 0 Å². The first-order valence-electron chi connectivity index (χ1n) is 5.67. The molecule has 0 spiro atoms. The van der Waals surface area contributed by atoms with Crippen LogP contribution in [0.1, 0.15) is 10.4 Å². The number of hydrogen-bond donors (Lipinski definition) is 1. The fourth-order valence-electron chi connectivity index (χ4n) is 1.62. The molecule has 1 atom stereocenters. The molecule has 3 nitrogen and oxygen atoms in total. The molecule has 0 fully saturated rings. The molecule has 0 bridgehead atoms. The number of carbonyl (C=O) groups excluding carboxylic acids is 1. The van der Waals surface area contributed by atoms with Crippen LogP contribution in [0, 0.1) is 5.82 Å². The van der Waals surface area contributed by atoms with Gasteiger partial charge in [0.15, 0.2) is 0 Å². The van der Waals surface area contributed by atoms with Gasteiger partial charge in [-0.1, -0.05) is 22.0 Å². The number of halogens is 2. The first-order valence-corrected chi connectivity index (χ1v) is 8.02. The Morgan fingerprint density at radius 1 is 1.25 bits per heavy atom. The van der Waals surface area contributed by atoms with Crippen molar-refractivity contribution in [1.29, 1.82) is 0 Å². The Labute approximate surface area is 126 Å². The van der Waals surface area contributed by atoms with Gasteiger partial charge in [-0.25, -0.2) is 4.39 Å². The minimum Gasteiger partial charge on any atom is -0.322 e. The van der Waals surface area contributed by atoms with Crippen molar-refractivity contribution >= 4 is 38.3 Å². The van der Waals surface area contributed by atoms with Gasteiger partial charge in [-0.3, -0.25) is 9.00 Å². The molecule has 0 saturated carbocycles. The predicted molar refractivity (Wildman–Crippen MR) is 80.8 cm³/mol. The summed E-state index contributed by atoms with van der Waals surface area (Å²) in [6, 6.07) is 10.8. The van der Waals surface area contributed by atoms with Crippen molar-refractivity contribution in [3.63, 3.8) is 0 Å². The first-order chi connectivity index (χ1) is 9.47. The van der Waals surface area contributed by atoms with E-state index in [2.05, 4.69) is 21.2 Å². The van der Waals surface area contributed by atoms with Crippen LogP contribution in [0.4, 0.5) is 10.1 Å². The fraction of sp³-hybridized carbons (Fsp3) is 0.0714. The highest BCUT2D eigenvalue weighted by Gasteiger charge is 2.12. The largest absolute Gasteiger partial charge is 0.322 e. The number of amides is 1. The van der Waals surface area contributed by atoms with E-state index in [1.54, 1.807) is 30.5 Å². The highest BCUT2D eigenvalue weighted by molar-refractivity contribution is 9.10. The maximum atomic E-state index is 13.6. The standard InChI is InChI=1S/C14H11BrFNO2S/c1-20(19)11-4-2-3-10(8-11)17-14(18)12-7-9(15)5-6-13(12)16/h2-8H,1H3,(H,17,18). The molecule has 0 aliphatic heterocycles. The summed E-state index contributed by atoms with van der Waals surface area (Å²) in [4.78, 5) is 12.6. The molecular formula is C14H11BrFNO2S. The number of benzene rings is 2. The number of carbonyl (C=O) groups is 1. The van der Waals surface area contributed by atoms with E-state index in [0.717, 1.165) is 0 Å².